The van der Waals surface area contributed by atoms with E-state index in [9.17, 15) is 0 Å². The molecule has 98 valence electrons. The van der Waals surface area contributed by atoms with E-state index in [-0.39, 0.29) is 6.04 Å². The van der Waals surface area contributed by atoms with Crippen LogP contribution in [0, 0.1) is 6.92 Å². The van der Waals surface area contributed by atoms with Crippen molar-refractivity contribution in [1.82, 2.24) is 15.2 Å². The summed E-state index contributed by atoms with van der Waals surface area (Å²) in [6.45, 7) is 2.03. The second-order valence-corrected chi connectivity index (χ2v) is 4.69. The molecule has 0 aliphatic heterocycles. The number of aryl methyl sites for hydroxylation is 2. The van der Waals surface area contributed by atoms with E-state index >= 15 is 0 Å². The van der Waals surface area contributed by atoms with E-state index in [1.54, 1.807) is 10.9 Å². The fraction of sp³-hybridized carbons (Fsp3) is 0.214. The molecule has 0 fully saturated rings. The number of benzene rings is 1. The Morgan fingerprint density at radius 1 is 1.42 bits per heavy atom. The molecule has 0 saturated carbocycles. The Balaban J connectivity index is 2.09. The topological polar surface area (TPSA) is 69.0 Å². The van der Waals surface area contributed by atoms with Gasteiger partial charge in [0, 0.05) is 24.2 Å². The average Bonchev–Trinajstić information content (AvgIpc) is 2.98. The minimum atomic E-state index is -0.194. The number of fused-ring (bicyclic) bond motifs is 1. The predicted molar refractivity (Wildman–Crippen MR) is 73.3 cm³/mol. The maximum atomic E-state index is 5.94. The Hall–Kier alpha value is -2.11. The Bertz CT molecular complexity index is 713. The second kappa shape index (κ2) is 4.53. The third-order valence-corrected chi connectivity index (χ3v) is 3.27. The van der Waals surface area contributed by atoms with Gasteiger partial charge in [-0.05, 0) is 18.6 Å². The van der Waals surface area contributed by atoms with Crippen LogP contribution in [0.5, 0.6) is 0 Å². The number of aromatic nitrogens is 2. The van der Waals surface area contributed by atoms with Crippen LogP contribution in [0.1, 0.15) is 22.9 Å². The molecule has 1 aromatic carbocycles. The number of furan rings is 1. The smallest absolute Gasteiger partial charge is 0.137 e. The molecule has 0 aliphatic carbocycles. The molecule has 2 heterocycles. The Kier molecular flexibility index (Phi) is 2.85. The first kappa shape index (κ1) is 12.0. The summed E-state index contributed by atoms with van der Waals surface area (Å²) < 4.78 is 7.68. The lowest BCUT2D eigenvalue weighted by Crippen LogP contribution is -2.28. The van der Waals surface area contributed by atoms with Crippen LogP contribution in [0.3, 0.4) is 0 Å². The van der Waals surface area contributed by atoms with Crippen LogP contribution in [0.25, 0.3) is 11.0 Å². The summed E-state index contributed by atoms with van der Waals surface area (Å²) in [6.07, 6.45) is 3.70. The lowest BCUT2D eigenvalue weighted by molar-refractivity contribution is 0.476. The molecule has 0 radical (unpaired) electrons. The van der Waals surface area contributed by atoms with Crippen molar-refractivity contribution < 1.29 is 4.42 Å². The molecule has 3 rings (SSSR count). The van der Waals surface area contributed by atoms with Crippen molar-refractivity contribution in [3.8, 4) is 0 Å². The largest absolute Gasteiger partial charge is 0.459 e. The van der Waals surface area contributed by atoms with Crippen molar-refractivity contribution in [2.75, 3.05) is 0 Å². The predicted octanol–water partition coefficient (Wildman–Crippen LogP) is 2.03. The molecular weight excluding hydrogens is 240 g/mol. The van der Waals surface area contributed by atoms with Crippen LogP contribution in [-0.2, 0) is 7.05 Å². The van der Waals surface area contributed by atoms with Crippen LogP contribution in [-0.4, -0.2) is 9.78 Å². The van der Waals surface area contributed by atoms with Crippen LogP contribution in [0.2, 0.25) is 0 Å². The van der Waals surface area contributed by atoms with Gasteiger partial charge in [0.2, 0.25) is 0 Å². The van der Waals surface area contributed by atoms with Gasteiger partial charge < -0.3 is 4.42 Å². The Morgan fingerprint density at radius 2 is 2.26 bits per heavy atom. The number of nitrogens with one attached hydrogen (secondary N) is 1. The lowest BCUT2D eigenvalue weighted by atomic mass is 10.1. The normalized spacial score (nSPS) is 13.0. The van der Waals surface area contributed by atoms with Crippen molar-refractivity contribution >= 4 is 11.0 Å². The molecule has 3 aromatic rings. The van der Waals surface area contributed by atoms with Crippen molar-refractivity contribution in [3.63, 3.8) is 0 Å². The number of para-hydroxylation sites is 1. The molecule has 1 atom stereocenters. The minimum Gasteiger partial charge on any atom is -0.459 e. The highest BCUT2D eigenvalue weighted by atomic mass is 16.3. The molecular formula is C14H16N4O. The van der Waals surface area contributed by atoms with Gasteiger partial charge in [0.15, 0.2) is 0 Å². The van der Waals surface area contributed by atoms with E-state index in [1.165, 1.54) is 0 Å². The highest BCUT2D eigenvalue weighted by Crippen LogP contribution is 2.29. The number of rotatable bonds is 3. The number of nitrogens with zero attached hydrogens (tertiary/aromatic N) is 2. The molecule has 0 spiro atoms. The summed E-state index contributed by atoms with van der Waals surface area (Å²) in [5, 5.41) is 5.24. The first-order valence-electron chi connectivity index (χ1n) is 6.13. The fourth-order valence-corrected chi connectivity index (χ4v) is 2.30. The molecule has 3 N–H and O–H groups in total. The number of hydrazine groups is 1. The number of hydrogen-bond donors (Lipinski definition) is 2. The zero-order chi connectivity index (χ0) is 13.4. The van der Waals surface area contributed by atoms with Gasteiger partial charge in [-0.25, -0.2) is 5.43 Å². The van der Waals surface area contributed by atoms with Gasteiger partial charge in [-0.15, -0.1) is 0 Å². The summed E-state index contributed by atoms with van der Waals surface area (Å²) in [7, 11) is 1.87. The summed E-state index contributed by atoms with van der Waals surface area (Å²) in [6, 6.07) is 7.91. The van der Waals surface area contributed by atoms with Crippen molar-refractivity contribution in [3.05, 3.63) is 53.5 Å². The first-order valence-corrected chi connectivity index (χ1v) is 6.13. The van der Waals surface area contributed by atoms with Gasteiger partial charge in [0.05, 0.1) is 6.20 Å². The molecule has 5 heteroatoms. The second-order valence-electron chi connectivity index (χ2n) is 4.69. The quantitative estimate of drug-likeness (QED) is 0.555. The van der Waals surface area contributed by atoms with Gasteiger partial charge in [-0.2, -0.15) is 5.10 Å². The third kappa shape index (κ3) is 2.03. The van der Waals surface area contributed by atoms with E-state index in [1.807, 2.05) is 44.4 Å². The van der Waals surface area contributed by atoms with Crippen LogP contribution >= 0.6 is 0 Å². The standard InChI is InChI=1S/C14H16N4O/c1-9-4-3-5-10-6-12(19-14(9)10)13(17-15)11-7-16-18(2)8-11/h3-8,13,17H,15H2,1-2H3. The summed E-state index contributed by atoms with van der Waals surface area (Å²) in [4.78, 5) is 0. The molecule has 19 heavy (non-hydrogen) atoms. The highest BCUT2D eigenvalue weighted by Gasteiger charge is 2.19. The fourth-order valence-electron chi connectivity index (χ4n) is 2.30. The SMILES string of the molecule is Cc1cccc2cc(C(NN)c3cnn(C)c3)oc12. The molecule has 0 aliphatic rings. The molecule has 0 bridgehead atoms. The monoisotopic (exact) mass is 256 g/mol. The summed E-state index contributed by atoms with van der Waals surface area (Å²) in [5.41, 5.74) is 5.78. The first-order chi connectivity index (χ1) is 9.19. The van der Waals surface area contributed by atoms with Crippen molar-refractivity contribution in [2.24, 2.45) is 12.9 Å². The van der Waals surface area contributed by atoms with Crippen molar-refractivity contribution in [1.29, 1.82) is 0 Å². The molecule has 2 aromatic heterocycles. The maximum absolute atomic E-state index is 5.94. The third-order valence-electron chi connectivity index (χ3n) is 3.27. The van der Waals surface area contributed by atoms with E-state index in [2.05, 4.69) is 10.5 Å². The van der Waals surface area contributed by atoms with E-state index in [0.29, 0.717) is 0 Å². The van der Waals surface area contributed by atoms with Gasteiger partial charge in [-0.3, -0.25) is 10.5 Å². The lowest BCUT2D eigenvalue weighted by Gasteiger charge is -2.10. The number of hydrogen-bond acceptors (Lipinski definition) is 4. The molecule has 0 amide bonds. The van der Waals surface area contributed by atoms with Crippen LogP contribution < -0.4 is 11.3 Å². The van der Waals surface area contributed by atoms with Gasteiger partial charge >= 0.3 is 0 Å². The average molecular weight is 256 g/mol. The van der Waals surface area contributed by atoms with Gasteiger partial charge in [0.25, 0.3) is 0 Å². The Morgan fingerprint density at radius 3 is 2.89 bits per heavy atom. The zero-order valence-corrected chi connectivity index (χ0v) is 10.9. The van der Waals surface area contributed by atoms with E-state index in [4.69, 9.17) is 10.3 Å². The van der Waals surface area contributed by atoms with E-state index < -0.39 is 0 Å². The van der Waals surface area contributed by atoms with Crippen LogP contribution in [0.4, 0.5) is 0 Å². The van der Waals surface area contributed by atoms with Crippen molar-refractivity contribution in [2.45, 2.75) is 13.0 Å². The molecule has 1 unspecified atom stereocenters. The van der Waals surface area contributed by atoms with E-state index in [0.717, 1.165) is 27.9 Å². The van der Waals surface area contributed by atoms with Crippen LogP contribution in [0.15, 0.2) is 41.1 Å². The minimum absolute atomic E-state index is 0.194. The summed E-state index contributed by atoms with van der Waals surface area (Å²) >= 11 is 0. The maximum Gasteiger partial charge on any atom is 0.137 e. The molecule has 5 nitrogen and oxygen atoms in total. The number of nitrogens with two attached hydrogens (primary N) is 1. The van der Waals surface area contributed by atoms with Gasteiger partial charge in [0.1, 0.15) is 17.4 Å². The molecule has 0 saturated heterocycles. The zero-order valence-electron chi connectivity index (χ0n) is 10.9. The summed E-state index contributed by atoms with van der Waals surface area (Å²) in [5.74, 6) is 6.45. The Labute approximate surface area is 111 Å². The highest BCUT2D eigenvalue weighted by molar-refractivity contribution is 5.81. The van der Waals surface area contributed by atoms with Gasteiger partial charge in [-0.1, -0.05) is 18.2 Å².